The lowest BCUT2D eigenvalue weighted by molar-refractivity contribution is -0.283. The van der Waals surface area contributed by atoms with E-state index in [0.717, 1.165) is 0 Å². The van der Waals surface area contributed by atoms with E-state index in [2.05, 4.69) is 0 Å². The van der Waals surface area contributed by atoms with Crippen LogP contribution in [0.15, 0.2) is 0 Å². The van der Waals surface area contributed by atoms with Crippen molar-refractivity contribution in [2.75, 3.05) is 11.5 Å². The minimum atomic E-state index is -1.56. The maximum atomic E-state index is 10.9. The number of aliphatic hydroxyl groups is 5. The molecule has 2 aliphatic heterocycles. The highest BCUT2D eigenvalue weighted by Crippen LogP contribution is 2.31. The van der Waals surface area contributed by atoms with Crippen LogP contribution >= 0.6 is 0 Å². The van der Waals surface area contributed by atoms with E-state index in [9.17, 15) is 30.1 Å². The molecule has 5 atom stereocenters. The minimum absolute atomic E-state index is 0.198. The van der Waals surface area contributed by atoms with Crippen molar-refractivity contribution in [2.24, 2.45) is 0 Å². The fourth-order valence-electron chi connectivity index (χ4n) is 2.28. The SMILES string of the molecule is [O-][S+]1CC(O)(CC[C@H]2O[C@H](O)[C@@H](O)[C@@H](O)[C@@H]2O)C1. The molecule has 106 valence electrons. The maximum Gasteiger partial charge on any atom is 0.183 e. The Labute approximate surface area is 107 Å². The summed E-state index contributed by atoms with van der Waals surface area (Å²) in [7, 11) is 0. The summed E-state index contributed by atoms with van der Waals surface area (Å²) in [6.07, 6.45) is -6.31. The van der Waals surface area contributed by atoms with Gasteiger partial charge in [-0.2, -0.15) is 0 Å². The van der Waals surface area contributed by atoms with Crippen LogP contribution < -0.4 is 0 Å². The van der Waals surface area contributed by atoms with Crippen molar-refractivity contribution in [2.45, 2.75) is 49.1 Å². The van der Waals surface area contributed by atoms with Crippen molar-refractivity contribution in [3.8, 4) is 0 Å². The topological polar surface area (TPSA) is 133 Å². The highest BCUT2D eigenvalue weighted by atomic mass is 32.2. The first-order valence-electron chi connectivity index (χ1n) is 5.77. The van der Waals surface area contributed by atoms with E-state index in [0.29, 0.717) is 0 Å². The molecule has 0 aromatic carbocycles. The molecule has 2 rings (SSSR count). The molecule has 2 saturated heterocycles. The Hall–Kier alpha value is 0.0700. The van der Waals surface area contributed by atoms with Gasteiger partial charge in [0.25, 0.3) is 0 Å². The van der Waals surface area contributed by atoms with Crippen LogP contribution in [0.25, 0.3) is 0 Å². The van der Waals surface area contributed by atoms with Crippen LogP contribution in [0.4, 0.5) is 0 Å². The number of ether oxygens (including phenoxy) is 1. The lowest BCUT2D eigenvalue weighted by atomic mass is 9.92. The summed E-state index contributed by atoms with van der Waals surface area (Å²) >= 11 is -0.988. The third-order valence-corrected chi connectivity index (χ3v) is 5.16. The van der Waals surface area contributed by atoms with Crippen LogP contribution in [0.3, 0.4) is 0 Å². The zero-order valence-electron chi connectivity index (χ0n) is 9.68. The zero-order valence-corrected chi connectivity index (χ0v) is 10.5. The van der Waals surface area contributed by atoms with Gasteiger partial charge in [0.1, 0.15) is 29.8 Å². The van der Waals surface area contributed by atoms with Gasteiger partial charge in [-0.15, -0.1) is 0 Å². The summed E-state index contributed by atoms with van der Waals surface area (Å²) in [5.41, 5.74) is -1.01. The summed E-state index contributed by atoms with van der Waals surface area (Å²) < 4.78 is 15.9. The van der Waals surface area contributed by atoms with Crippen LogP contribution in [0.5, 0.6) is 0 Å². The van der Waals surface area contributed by atoms with Crippen LogP contribution in [0, 0.1) is 0 Å². The fraction of sp³-hybridized carbons (Fsp3) is 1.00. The quantitative estimate of drug-likeness (QED) is 0.350. The maximum absolute atomic E-state index is 10.9. The zero-order chi connectivity index (χ0) is 13.5. The van der Waals surface area contributed by atoms with E-state index >= 15 is 0 Å². The van der Waals surface area contributed by atoms with Crippen molar-refractivity contribution in [1.82, 2.24) is 0 Å². The molecule has 5 N–H and O–H groups in total. The first-order valence-corrected chi connectivity index (χ1v) is 7.26. The minimum Gasteiger partial charge on any atom is -0.616 e. The van der Waals surface area contributed by atoms with Gasteiger partial charge in [0.15, 0.2) is 11.9 Å². The van der Waals surface area contributed by atoms with Gasteiger partial charge in [0.05, 0.1) is 6.10 Å². The fourth-order valence-corrected chi connectivity index (χ4v) is 3.68. The second-order valence-corrected chi connectivity index (χ2v) is 6.49. The van der Waals surface area contributed by atoms with Gasteiger partial charge < -0.3 is 34.8 Å². The lowest BCUT2D eigenvalue weighted by Crippen LogP contribution is -2.59. The Bertz CT molecular complexity index is 296. The molecule has 0 radical (unpaired) electrons. The molecule has 0 unspecified atom stereocenters. The van der Waals surface area contributed by atoms with Gasteiger partial charge in [-0.3, -0.25) is 0 Å². The third kappa shape index (κ3) is 2.81. The van der Waals surface area contributed by atoms with Gasteiger partial charge in [0.2, 0.25) is 0 Å². The summed E-state index contributed by atoms with van der Waals surface area (Å²) in [4.78, 5) is 0. The predicted molar refractivity (Wildman–Crippen MR) is 61.0 cm³/mol. The summed E-state index contributed by atoms with van der Waals surface area (Å²) in [5, 5.41) is 47.6. The Kier molecular flexibility index (Phi) is 4.20. The second kappa shape index (κ2) is 5.22. The average molecular weight is 282 g/mol. The molecule has 7 nitrogen and oxygen atoms in total. The average Bonchev–Trinajstić information content (AvgIpc) is 2.28. The molecule has 0 aliphatic carbocycles. The Morgan fingerprint density at radius 1 is 1.11 bits per heavy atom. The molecule has 2 heterocycles. The van der Waals surface area contributed by atoms with Crippen molar-refractivity contribution in [3.05, 3.63) is 0 Å². The van der Waals surface area contributed by atoms with E-state index in [1.165, 1.54) is 0 Å². The van der Waals surface area contributed by atoms with Crippen LogP contribution in [0.2, 0.25) is 0 Å². The van der Waals surface area contributed by atoms with Gasteiger partial charge >= 0.3 is 0 Å². The highest BCUT2D eigenvalue weighted by molar-refractivity contribution is 7.93. The molecule has 0 saturated carbocycles. The summed E-state index contributed by atoms with van der Waals surface area (Å²) in [5.74, 6) is 0.396. The predicted octanol–water partition coefficient (Wildman–Crippen LogP) is -2.94. The third-order valence-electron chi connectivity index (χ3n) is 3.44. The molecule has 0 amide bonds. The Morgan fingerprint density at radius 3 is 2.28 bits per heavy atom. The molecule has 0 aromatic rings. The Morgan fingerprint density at radius 2 is 1.72 bits per heavy atom. The molecular formula is C10H18O7S. The summed E-state index contributed by atoms with van der Waals surface area (Å²) in [6, 6.07) is 0. The smallest absolute Gasteiger partial charge is 0.183 e. The van der Waals surface area contributed by atoms with Gasteiger partial charge in [-0.25, -0.2) is 0 Å². The lowest BCUT2D eigenvalue weighted by Gasteiger charge is -2.41. The number of hydrogen-bond donors (Lipinski definition) is 5. The van der Waals surface area contributed by atoms with Crippen LogP contribution in [-0.2, 0) is 15.9 Å². The normalized spacial score (nSPS) is 53.0. The van der Waals surface area contributed by atoms with Gasteiger partial charge in [-0.1, -0.05) is 0 Å². The van der Waals surface area contributed by atoms with Gasteiger partial charge in [-0.05, 0) is 24.0 Å². The van der Waals surface area contributed by atoms with E-state index in [-0.39, 0.29) is 24.3 Å². The largest absolute Gasteiger partial charge is 0.616 e. The standard InChI is InChI=1S/C10H18O7S/c11-6-5(17-9(14)8(13)7(6)12)1-2-10(15)3-18(16)4-10/h5-9,11-15H,1-4H2/t5-,6-,7+,8+,9+,10?,18?/m1/s1. The van der Waals surface area contributed by atoms with Gasteiger partial charge in [0, 0.05) is 0 Å². The molecule has 2 aliphatic rings. The molecular weight excluding hydrogens is 264 g/mol. The van der Waals surface area contributed by atoms with Crippen LogP contribution in [0.1, 0.15) is 12.8 Å². The van der Waals surface area contributed by atoms with Crippen molar-refractivity contribution >= 4 is 11.2 Å². The van der Waals surface area contributed by atoms with E-state index in [1.807, 2.05) is 0 Å². The molecule has 2 fully saturated rings. The molecule has 8 heteroatoms. The van der Waals surface area contributed by atoms with E-state index in [4.69, 9.17) is 4.74 Å². The monoisotopic (exact) mass is 282 g/mol. The van der Waals surface area contributed by atoms with Crippen molar-refractivity contribution < 1.29 is 34.8 Å². The van der Waals surface area contributed by atoms with Crippen LogP contribution in [-0.4, -0.2) is 77.9 Å². The summed E-state index contributed by atoms with van der Waals surface area (Å²) in [6.45, 7) is 0. The molecule has 0 aromatic heterocycles. The first-order chi connectivity index (χ1) is 8.32. The van der Waals surface area contributed by atoms with Crippen molar-refractivity contribution in [1.29, 1.82) is 0 Å². The number of hydrogen-bond acceptors (Lipinski definition) is 7. The van der Waals surface area contributed by atoms with Crippen molar-refractivity contribution in [3.63, 3.8) is 0 Å². The molecule has 18 heavy (non-hydrogen) atoms. The molecule has 0 bridgehead atoms. The molecule has 0 spiro atoms. The Balaban J connectivity index is 1.85. The number of aliphatic hydroxyl groups excluding tert-OH is 4. The highest BCUT2D eigenvalue weighted by Gasteiger charge is 2.49. The second-order valence-electron chi connectivity index (χ2n) is 5.03. The van der Waals surface area contributed by atoms with E-state index in [1.54, 1.807) is 0 Å². The van der Waals surface area contributed by atoms with E-state index < -0.39 is 47.5 Å². The number of rotatable bonds is 3. The first kappa shape index (κ1) is 14.5.